The highest BCUT2D eigenvalue weighted by Crippen LogP contribution is 2.16. The Kier molecular flexibility index (Phi) is 4.11. The Balaban J connectivity index is 2.01. The maximum atomic E-state index is 13.5. The molecule has 3 N–H and O–H groups in total. The van der Waals surface area contributed by atoms with Crippen LogP contribution in [0.1, 0.15) is 22.6 Å². The number of nitrogens with two attached hydrogens (primary N) is 1. The van der Waals surface area contributed by atoms with Gasteiger partial charge in [-0.15, -0.1) is 5.10 Å². The molecule has 2 rings (SSSR count). The zero-order valence-corrected chi connectivity index (χ0v) is 11.0. The lowest BCUT2D eigenvalue weighted by atomic mass is 10.1. The Labute approximate surface area is 111 Å². The fourth-order valence-electron chi connectivity index (χ4n) is 1.86. The van der Waals surface area contributed by atoms with Crippen molar-refractivity contribution in [2.24, 2.45) is 5.73 Å². The van der Waals surface area contributed by atoms with Crippen LogP contribution in [0.2, 0.25) is 0 Å². The first-order valence-electron chi connectivity index (χ1n) is 6.12. The molecule has 0 saturated heterocycles. The minimum Gasteiger partial charge on any atom is -0.408 e. The van der Waals surface area contributed by atoms with Gasteiger partial charge in [0, 0.05) is 19.5 Å². The van der Waals surface area contributed by atoms with Gasteiger partial charge in [0.05, 0.1) is 0 Å². The molecule has 0 saturated carbocycles. The predicted octanol–water partition coefficient (Wildman–Crippen LogP) is 1.94. The number of rotatable bonds is 5. The van der Waals surface area contributed by atoms with E-state index in [9.17, 15) is 4.39 Å². The second-order valence-electron chi connectivity index (χ2n) is 4.44. The maximum absolute atomic E-state index is 13.5. The van der Waals surface area contributed by atoms with Crippen molar-refractivity contribution in [1.29, 1.82) is 0 Å². The molecule has 0 radical (unpaired) electrons. The molecule has 0 aliphatic rings. The molecule has 1 heterocycles. The number of hydrogen-bond acceptors (Lipinski definition) is 5. The minimum atomic E-state index is -0.160. The summed E-state index contributed by atoms with van der Waals surface area (Å²) >= 11 is 0. The quantitative estimate of drug-likeness (QED) is 0.863. The first-order chi connectivity index (χ1) is 9.10. The number of benzene rings is 1. The van der Waals surface area contributed by atoms with E-state index in [-0.39, 0.29) is 5.82 Å². The first kappa shape index (κ1) is 13.5. The molecule has 0 atom stereocenters. The SMILES string of the molecule is Cc1cc(CNc2nnc(CCN)o2)cc(C)c1F. The van der Waals surface area contributed by atoms with E-state index in [1.165, 1.54) is 0 Å². The van der Waals surface area contributed by atoms with Crippen LogP contribution in [0.3, 0.4) is 0 Å². The van der Waals surface area contributed by atoms with Gasteiger partial charge in [0.15, 0.2) is 0 Å². The summed E-state index contributed by atoms with van der Waals surface area (Å²) in [7, 11) is 0. The number of nitrogens with zero attached hydrogens (tertiary/aromatic N) is 2. The van der Waals surface area contributed by atoms with E-state index in [4.69, 9.17) is 10.2 Å². The van der Waals surface area contributed by atoms with Gasteiger partial charge in [-0.05, 0) is 30.5 Å². The van der Waals surface area contributed by atoms with E-state index in [2.05, 4.69) is 15.5 Å². The predicted molar refractivity (Wildman–Crippen MR) is 70.3 cm³/mol. The van der Waals surface area contributed by atoms with Gasteiger partial charge in [-0.25, -0.2) is 4.39 Å². The Morgan fingerprint density at radius 1 is 1.26 bits per heavy atom. The molecule has 1 aromatic carbocycles. The molecule has 2 aromatic rings. The molecule has 0 spiro atoms. The third kappa shape index (κ3) is 3.29. The van der Waals surface area contributed by atoms with Gasteiger partial charge in [-0.2, -0.15) is 0 Å². The van der Waals surface area contributed by atoms with Crippen LogP contribution in [0.5, 0.6) is 0 Å². The molecule has 0 bridgehead atoms. The van der Waals surface area contributed by atoms with Gasteiger partial charge in [-0.1, -0.05) is 17.2 Å². The molecule has 19 heavy (non-hydrogen) atoms. The van der Waals surface area contributed by atoms with Crippen molar-refractivity contribution in [2.45, 2.75) is 26.8 Å². The number of nitrogens with one attached hydrogen (secondary N) is 1. The van der Waals surface area contributed by atoms with E-state index in [0.29, 0.717) is 42.5 Å². The van der Waals surface area contributed by atoms with Crippen molar-refractivity contribution >= 4 is 6.01 Å². The van der Waals surface area contributed by atoms with E-state index in [0.717, 1.165) is 5.56 Å². The van der Waals surface area contributed by atoms with Crippen LogP contribution < -0.4 is 11.1 Å². The topological polar surface area (TPSA) is 77.0 Å². The Morgan fingerprint density at radius 3 is 2.58 bits per heavy atom. The Bertz CT molecular complexity index is 545. The highest BCUT2D eigenvalue weighted by Gasteiger charge is 2.07. The summed E-state index contributed by atoms with van der Waals surface area (Å²) in [4.78, 5) is 0. The van der Waals surface area contributed by atoms with Crippen LogP contribution in [0.25, 0.3) is 0 Å². The lowest BCUT2D eigenvalue weighted by Crippen LogP contribution is -2.02. The van der Waals surface area contributed by atoms with E-state index in [1.807, 2.05) is 0 Å². The third-order valence-electron chi connectivity index (χ3n) is 2.77. The monoisotopic (exact) mass is 264 g/mol. The van der Waals surface area contributed by atoms with Crippen molar-refractivity contribution in [3.8, 4) is 0 Å². The summed E-state index contributed by atoms with van der Waals surface area (Å²) in [6.45, 7) is 4.47. The molecule has 5 nitrogen and oxygen atoms in total. The van der Waals surface area contributed by atoms with Gasteiger partial charge < -0.3 is 15.5 Å². The Hall–Kier alpha value is -1.95. The van der Waals surface area contributed by atoms with Crippen molar-refractivity contribution < 1.29 is 8.81 Å². The lowest BCUT2D eigenvalue weighted by molar-refractivity contribution is 0.505. The summed E-state index contributed by atoms with van der Waals surface area (Å²) in [5.74, 6) is 0.350. The number of aryl methyl sites for hydroxylation is 2. The first-order valence-corrected chi connectivity index (χ1v) is 6.12. The van der Waals surface area contributed by atoms with E-state index >= 15 is 0 Å². The van der Waals surface area contributed by atoms with Gasteiger partial charge in [0.2, 0.25) is 5.89 Å². The summed E-state index contributed by atoms with van der Waals surface area (Å²) in [5, 5.41) is 10.7. The molecule has 0 unspecified atom stereocenters. The summed E-state index contributed by atoms with van der Waals surface area (Å²) < 4.78 is 18.8. The minimum absolute atomic E-state index is 0.160. The van der Waals surface area contributed by atoms with E-state index < -0.39 is 0 Å². The van der Waals surface area contributed by atoms with Crippen LogP contribution in [0.15, 0.2) is 16.5 Å². The smallest absolute Gasteiger partial charge is 0.315 e. The largest absolute Gasteiger partial charge is 0.408 e. The van der Waals surface area contributed by atoms with Crippen molar-refractivity contribution in [3.63, 3.8) is 0 Å². The van der Waals surface area contributed by atoms with Gasteiger partial charge >= 0.3 is 6.01 Å². The highest BCUT2D eigenvalue weighted by atomic mass is 19.1. The van der Waals surface area contributed by atoms with E-state index in [1.54, 1.807) is 26.0 Å². The van der Waals surface area contributed by atoms with Gasteiger partial charge in [-0.3, -0.25) is 0 Å². The van der Waals surface area contributed by atoms with Crippen LogP contribution >= 0.6 is 0 Å². The molecule has 0 aliphatic heterocycles. The average molecular weight is 264 g/mol. The third-order valence-corrected chi connectivity index (χ3v) is 2.77. The highest BCUT2D eigenvalue weighted by molar-refractivity contribution is 5.32. The van der Waals surface area contributed by atoms with Gasteiger partial charge in [0.1, 0.15) is 5.82 Å². The van der Waals surface area contributed by atoms with Crippen LogP contribution in [-0.4, -0.2) is 16.7 Å². The van der Waals surface area contributed by atoms with Crippen LogP contribution in [-0.2, 0) is 13.0 Å². The lowest BCUT2D eigenvalue weighted by Gasteiger charge is -2.06. The van der Waals surface area contributed by atoms with Crippen molar-refractivity contribution in [2.75, 3.05) is 11.9 Å². The zero-order chi connectivity index (χ0) is 13.8. The molecule has 0 fully saturated rings. The maximum Gasteiger partial charge on any atom is 0.315 e. The number of aromatic nitrogens is 2. The van der Waals surface area contributed by atoms with Crippen molar-refractivity contribution in [3.05, 3.63) is 40.5 Å². The standard InChI is InChI=1S/C13H17FN4O/c1-8-5-10(6-9(2)12(8)14)7-16-13-18-17-11(19-13)3-4-15/h5-6H,3-4,7,15H2,1-2H3,(H,16,18). The molecular weight excluding hydrogens is 247 g/mol. The Morgan fingerprint density at radius 2 is 1.95 bits per heavy atom. The van der Waals surface area contributed by atoms with Crippen molar-refractivity contribution in [1.82, 2.24) is 10.2 Å². The molecule has 1 aromatic heterocycles. The molecular formula is C13H17FN4O. The molecule has 0 aliphatic carbocycles. The molecule has 102 valence electrons. The number of anilines is 1. The number of halogens is 1. The fourth-order valence-corrected chi connectivity index (χ4v) is 1.86. The van der Waals surface area contributed by atoms with Crippen LogP contribution in [0, 0.1) is 19.7 Å². The average Bonchev–Trinajstić information content (AvgIpc) is 2.81. The van der Waals surface area contributed by atoms with Crippen LogP contribution in [0.4, 0.5) is 10.4 Å². The second-order valence-corrected chi connectivity index (χ2v) is 4.44. The summed E-state index contributed by atoms with van der Waals surface area (Å²) in [5.41, 5.74) is 7.63. The second kappa shape index (κ2) is 5.79. The van der Waals surface area contributed by atoms with Gasteiger partial charge in [0.25, 0.3) is 0 Å². The normalized spacial score (nSPS) is 10.7. The summed E-state index contributed by atoms with van der Waals surface area (Å²) in [6.07, 6.45) is 0.559. The molecule has 6 heteroatoms. The number of hydrogen-bond donors (Lipinski definition) is 2. The molecule has 0 amide bonds. The zero-order valence-electron chi connectivity index (χ0n) is 11.0. The fraction of sp³-hybridized carbons (Fsp3) is 0.385. The summed E-state index contributed by atoms with van der Waals surface area (Å²) in [6, 6.07) is 3.95.